The Hall–Kier alpha value is -0.280. The SMILES string of the molecule is CC(C)CC(Cl)CNc1ccc(Br)cn1. The minimum absolute atomic E-state index is 0.162. The molecule has 1 rings (SSSR count). The molecule has 0 aliphatic rings. The summed E-state index contributed by atoms with van der Waals surface area (Å²) < 4.78 is 0.984. The van der Waals surface area contributed by atoms with Crippen LogP contribution in [0.3, 0.4) is 0 Å². The standard InChI is InChI=1S/C11H16BrClN2/c1-8(2)5-10(13)7-15-11-4-3-9(12)6-14-11/h3-4,6,8,10H,5,7H2,1-2H3,(H,14,15). The maximum absolute atomic E-state index is 6.16. The quantitative estimate of drug-likeness (QED) is 0.832. The van der Waals surface area contributed by atoms with Gasteiger partial charge in [-0.3, -0.25) is 0 Å². The van der Waals surface area contributed by atoms with Crippen LogP contribution in [-0.4, -0.2) is 16.9 Å². The van der Waals surface area contributed by atoms with E-state index in [1.165, 1.54) is 0 Å². The maximum atomic E-state index is 6.16. The lowest BCUT2D eigenvalue weighted by molar-refractivity contribution is 0.572. The molecule has 1 N–H and O–H groups in total. The number of hydrogen-bond acceptors (Lipinski definition) is 2. The number of aromatic nitrogens is 1. The minimum Gasteiger partial charge on any atom is -0.369 e. The van der Waals surface area contributed by atoms with Gasteiger partial charge in [-0.15, -0.1) is 11.6 Å². The van der Waals surface area contributed by atoms with Gasteiger partial charge in [-0.25, -0.2) is 4.98 Å². The number of anilines is 1. The highest BCUT2D eigenvalue weighted by Gasteiger charge is 2.06. The highest BCUT2D eigenvalue weighted by molar-refractivity contribution is 9.10. The first-order valence-corrected chi connectivity index (χ1v) is 6.30. The summed E-state index contributed by atoms with van der Waals surface area (Å²) in [6.07, 6.45) is 2.79. The van der Waals surface area contributed by atoms with E-state index in [0.29, 0.717) is 5.92 Å². The molecule has 1 aromatic rings. The third kappa shape index (κ3) is 5.38. The summed E-state index contributed by atoms with van der Waals surface area (Å²) in [6, 6.07) is 3.89. The van der Waals surface area contributed by atoms with E-state index in [4.69, 9.17) is 11.6 Å². The van der Waals surface area contributed by atoms with Crippen molar-refractivity contribution >= 4 is 33.3 Å². The fraction of sp³-hybridized carbons (Fsp3) is 0.545. The first-order valence-electron chi connectivity index (χ1n) is 5.07. The summed E-state index contributed by atoms with van der Waals surface area (Å²) in [5.41, 5.74) is 0. The predicted octanol–water partition coefficient (Wildman–Crippen LogP) is 3.91. The second-order valence-electron chi connectivity index (χ2n) is 3.97. The number of nitrogens with one attached hydrogen (secondary N) is 1. The molecular formula is C11H16BrClN2. The molecule has 1 heterocycles. The summed E-state index contributed by atoms with van der Waals surface area (Å²) in [4.78, 5) is 4.21. The van der Waals surface area contributed by atoms with E-state index in [2.05, 4.69) is 40.1 Å². The Morgan fingerprint density at radius 2 is 2.20 bits per heavy atom. The first-order chi connectivity index (χ1) is 7.08. The molecule has 2 nitrogen and oxygen atoms in total. The van der Waals surface area contributed by atoms with Gasteiger partial charge in [-0.1, -0.05) is 13.8 Å². The monoisotopic (exact) mass is 290 g/mol. The Labute approximate surface area is 105 Å². The van der Waals surface area contributed by atoms with Crippen molar-refractivity contribution in [3.63, 3.8) is 0 Å². The van der Waals surface area contributed by atoms with Gasteiger partial charge in [0.05, 0.1) is 5.38 Å². The highest BCUT2D eigenvalue weighted by atomic mass is 79.9. The Morgan fingerprint density at radius 3 is 2.73 bits per heavy atom. The molecule has 15 heavy (non-hydrogen) atoms. The van der Waals surface area contributed by atoms with Crippen molar-refractivity contribution in [3.8, 4) is 0 Å². The smallest absolute Gasteiger partial charge is 0.126 e. The van der Waals surface area contributed by atoms with E-state index < -0.39 is 0 Å². The molecule has 1 aromatic heterocycles. The molecule has 1 atom stereocenters. The Morgan fingerprint density at radius 1 is 1.47 bits per heavy atom. The Kier molecular flexibility index (Phi) is 5.40. The van der Waals surface area contributed by atoms with E-state index in [1.807, 2.05) is 12.1 Å². The van der Waals surface area contributed by atoms with Gasteiger partial charge < -0.3 is 5.32 Å². The third-order valence-electron chi connectivity index (χ3n) is 1.96. The molecule has 0 aromatic carbocycles. The normalized spacial score (nSPS) is 12.9. The van der Waals surface area contributed by atoms with Crippen molar-refractivity contribution in [2.75, 3.05) is 11.9 Å². The highest BCUT2D eigenvalue weighted by Crippen LogP contribution is 2.13. The topological polar surface area (TPSA) is 24.9 Å². The number of alkyl halides is 1. The molecule has 0 aliphatic carbocycles. The number of rotatable bonds is 5. The second-order valence-corrected chi connectivity index (χ2v) is 5.50. The van der Waals surface area contributed by atoms with E-state index in [-0.39, 0.29) is 5.38 Å². The summed E-state index contributed by atoms with van der Waals surface area (Å²) >= 11 is 9.50. The van der Waals surface area contributed by atoms with Crippen molar-refractivity contribution in [2.45, 2.75) is 25.6 Å². The molecule has 1 unspecified atom stereocenters. The number of halogens is 2. The summed E-state index contributed by atoms with van der Waals surface area (Å²) in [5.74, 6) is 1.50. The van der Waals surface area contributed by atoms with Crippen molar-refractivity contribution in [2.24, 2.45) is 5.92 Å². The van der Waals surface area contributed by atoms with Crippen molar-refractivity contribution in [1.29, 1.82) is 0 Å². The zero-order valence-electron chi connectivity index (χ0n) is 9.00. The van der Waals surface area contributed by atoms with Crippen molar-refractivity contribution in [3.05, 3.63) is 22.8 Å². The minimum atomic E-state index is 0.162. The molecule has 0 amide bonds. The lowest BCUT2D eigenvalue weighted by Gasteiger charge is -2.13. The van der Waals surface area contributed by atoms with E-state index >= 15 is 0 Å². The molecule has 0 bridgehead atoms. The average molecular weight is 292 g/mol. The summed E-state index contributed by atoms with van der Waals surface area (Å²) in [5, 5.41) is 3.38. The van der Waals surface area contributed by atoms with Crippen LogP contribution in [0.15, 0.2) is 22.8 Å². The average Bonchev–Trinajstić information content (AvgIpc) is 2.16. The van der Waals surface area contributed by atoms with Crippen LogP contribution < -0.4 is 5.32 Å². The number of pyridine rings is 1. The van der Waals surface area contributed by atoms with Gasteiger partial charge >= 0.3 is 0 Å². The second kappa shape index (κ2) is 6.33. The Balaban J connectivity index is 2.33. The zero-order valence-corrected chi connectivity index (χ0v) is 11.3. The molecule has 4 heteroatoms. The van der Waals surface area contributed by atoms with Crippen molar-refractivity contribution in [1.82, 2.24) is 4.98 Å². The summed E-state index contributed by atoms with van der Waals surface area (Å²) in [7, 11) is 0. The largest absolute Gasteiger partial charge is 0.369 e. The van der Waals surface area contributed by atoms with Crippen LogP contribution in [0.5, 0.6) is 0 Å². The molecule has 0 radical (unpaired) electrons. The molecule has 0 fully saturated rings. The first kappa shape index (κ1) is 12.8. The fourth-order valence-corrected chi connectivity index (χ4v) is 1.96. The number of nitrogens with zero attached hydrogens (tertiary/aromatic N) is 1. The molecule has 0 saturated carbocycles. The summed E-state index contributed by atoms with van der Waals surface area (Å²) in [6.45, 7) is 5.11. The van der Waals surface area contributed by atoms with Crippen LogP contribution >= 0.6 is 27.5 Å². The van der Waals surface area contributed by atoms with Crippen LogP contribution in [0.2, 0.25) is 0 Å². The number of hydrogen-bond donors (Lipinski definition) is 1. The van der Waals surface area contributed by atoms with Gasteiger partial charge in [0.2, 0.25) is 0 Å². The predicted molar refractivity (Wildman–Crippen MR) is 69.5 cm³/mol. The fourth-order valence-electron chi connectivity index (χ4n) is 1.29. The van der Waals surface area contributed by atoms with Crippen molar-refractivity contribution < 1.29 is 0 Å². The van der Waals surface area contributed by atoms with Crippen LogP contribution in [0, 0.1) is 5.92 Å². The van der Waals surface area contributed by atoms with Gasteiger partial charge in [0.1, 0.15) is 5.82 Å². The van der Waals surface area contributed by atoms with Crippen LogP contribution in [-0.2, 0) is 0 Å². The third-order valence-corrected chi connectivity index (χ3v) is 2.76. The zero-order chi connectivity index (χ0) is 11.3. The van der Waals surface area contributed by atoms with Gasteiger partial charge in [0.25, 0.3) is 0 Å². The van der Waals surface area contributed by atoms with E-state index in [0.717, 1.165) is 23.3 Å². The molecular weight excluding hydrogens is 275 g/mol. The van der Waals surface area contributed by atoms with Gasteiger partial charge in [-0.2, -0.15) is 0 Å². The molecule has 0 saturated heterocycles. The maximum Gasteiger partial charge on any atom is 0.126 e. The van der Waals surface area contributed by atoms with Gasteiger partial charge in [-0.05, 0) is 40.4 Å². The molecule has 84 valence electrons. The van der Waals surface area contributed by atoms with Crippen LogP contribution in [0.25, 0.3) is 0 Å². The van der Waals surface area contributed by atoms with E-state index in [9.17, 15) is 0 Å². The lowest BCUT2D eigenvalue weighted by atomic mass is 10.1. The molecule has 0 spiro atoms. The van der Waals surface area contributed by atoms with E-state index in [1.54, 1.807) is 6.20 Å². The van der Waals surface area contributed by atoms with Crippen LogP contribution in [0.1, 0.15) is 20.3 Å². The van der Waals surface area contributed by atoms with Gasteiger partial charge in [0.15, 0.2) is 0 Å². The Bertz CT molecular complexity index is 287. The lowest BCUT2D eigenvalue weighted by Crippen LogP contribution is -2.16. The molecule has 0 aliphatic heterocycles. The van der Waals surface area contributed by atoms with Crippen LogP contribution in [0.4, 0.5) is 5.82 Å². The van der Waals surface area contributed by atoms with Gasteiger partial charge in [0, 0.05) is 17.2 Å².